The summed E-state index contributed by atoms with van der Waals surface area (Å²) in [7, 11) is 1.51. The molecule has 0 radical (unpaired) electrons. The Kier molecular flexibility index (Phi) is 5.71. The lowest BCUT2D eigenvalue weighted by Crippen LogP contribution is -2.22. The van der Waals surface area contributed by atoms with Gasteiger partial charge in [0, 0.05) is 18.2 Å². The predicted octanol–water partition coefficient (Wildman–Crippen LogP) is 4.35. The van der Waals surface area contributed by atoms with Crippen molar-refractivity contribution in [1.29, 1.82) is 0 Å². The van der Waals surface area contributed by atoms with E-state index in [2.05, 4.69) is 5.09 Å². The van der Waals surface area contributed by atoms with Crippen LogP contribution in [0.25, 0.3) is 0 Å². The minimum absolute atomic E-state index is 0. The second kappa shape index (κ2) is 6.37. The third-order valence-electron chi connectivity index (χ3n) is 1.77. The van der Waals surface area contributed by atoms with Gasteiger partial charge in [-0.2, -0.15) is 0 Å². The fraction of sp³-hybridized carbons (Fsp3) is 0.400. The van der Waals surface area contributed by atoms with Crippen LogP contribution in [0.3, 0.4) is 0 Å². The summed E-state index contributed by atoms with van der Waals surface area (Å²) >= 11 is 17.1. The van der Waals surface area contributed by atoms with Crippen molar-refractivity contribution in [2.45, 2.75) is 19.9 Å². The number of rotatable bonds is 5. The number of nitrogens with one attached hydrogen (secondary N) is 1. The van der Waals surface area contributed by atoms with Crippen molar-refractivity contribution in [1.82, 2.24) is 5.09 Å². The fourth-order valence-electron chi connectivity index (χ4n) is 1.11. The Labute approximate surface area is 118 Å². The number of benzene rings is 1. The first-order valence-electron chi connectivity index (χ1n) is 4.94. The van der Waals surface area contributed by atoms with Gasteiger partial charge in [-0.15, -0.1) is 0 Å². The average molecular weight is 315 g/mol. The van der Waals surface area contributed by atoms with Gasteiger partial charge in [-0.25, -0.2) is 5.09 Å². The van der Waals surface area contributed by atoms with E-state index in [-0.39, 0.29) is 7.47 Å². The van der Waals surface area contributed by atoms with Crippen molar-refractivity contribution >= 4 is 41.7 Å². The highest BCUT2D eigenvalue weighted by atomic mass is 35.5. The maximum atomic E-state index is 6.01. The quantitative estimate of drug-likeness (QED) is 0.818. The Morgan fingerprint density at radius 2 is 2.06 bits per heavy atom. The van der Waals surface area contributed by atoms with E-state index in [1.165, 1.54) is 7.11 Å². The first kappa shape index (κ1) is 15.2. The van der Waals surface area contributed by atoms with Crippen LogP contribution in [0.5, 0.6) is 5.75 Å². The molecule has 0 saturated heterocycles. The van der Waals surface area contributed by atoms with E-state index in [1.807, 2.05) is 13.8 Å². The van der Waals surface area contributed by atoms with Crippen LogP contribution in [0.1, 0.15) is 15.3 Å². The zero-order valence-electron chi connectivity index (χ0n) is 10.7. The van der Waals surface area contributed by atoms with Crippen LogP contribution in [0, 0.1) is 0 Å². The molecule has 0 aliphatic heterocycles. The molecule has 0 aliphatic rings. The molecular weight excluding hydrogens is 300 g/mol. The van der Waals surface area contributed by atoms with E-state index >= 15 is 0 Å². The van der Waals surface area contributed by atoms with Crippen LogP contribution in [-0.2, 0) is 16.3 Å². The zero-order chi connectivity index (χ0) is 13.1. The minimum Gasteiger partial charge on any atom is -0.431 e. The molecule has 1 aromatic rings. The Morgan fingerprint density at radius 1 is 1.41 bits per heavy atom. The van der Waals surface area contributed by atoms with Gasteiger partial charge in [0.2, 0.25) is 0 Å². The van der Waals surface area contributed by atoms with E-state index in [1.54, 1.807) is 18.2 Å². The lowest BCUT2D eigenvalue weighted by Gasteiger charge is -2.24. The van der Waals surface area contributed by atoms with Crippen molar-refractivity contribution < 1.29 is 10.5 Å². The van der Waals surface area contributed by atoms with Gasteiger partial charge in [-0.05, 0) is 43.9 Å². The molecule has 0 spiro atoms. The maximum absolute atomic E-state index is 6.01. The summed E-state index contributed by atoms with van der Waals surface area (Å²) in [5.74, 6) is 0.467. The normalized spacial score (nSPS) is 14.7. The van der Waals surface area contributed by atoms with Gasteiger partial charge in [0.15, 0.2) is 0 Å². The molecule has 0 fully saturated rings. The first-order valence-corrected chi connectivity index (χ1v) is 8.34. The van der Waals surface area contributed by atoms with Crippen molar-refractivity contribution in [2.75, 3.05) is 7.11 Å². The molecule has 0 saturated carbocycles. The summed E-state index contributed by atoms with van der Waals surface area (Å²) in [6, 6.07) is 5.12. The molecule has 7 heteroatoms. The maximum Gasteiger partial charge on any atom is 1.00 e. The number of halogens is 2. The Balaban J connectivity index is 0.00000289. The van der Waals surface area contributed by atoms with Crippen LogP contribution in [0.2, 0.25) is 10.0 Å². The van der Waals surface area contributed by atoms with Crippen LogP contribution in [0.15, 0.2) is 18.2 Å². The summed E-state index contributed by atoms with van der Waals surface area (Å²) in [5, 5.41) is 4.04. The van der Waals surface area contributed by atoms with Gasteiger partial charge >= 0.3 is 8.07 Å². The summed E-state index contributed by atoms with van der Waals surface area (Å²) < 4.78 is 10.9. The molecule has 1 unspecified atom stereocenters. The van der Waals surface area contributed by atoms with E-state index in [0.717, 1.165) is 0 Å². The lowest BCUT2D eigenvalue weighted by atomic mass is 10.3. The molecule has 0 heterocycles. The predicted molar refractivity (Wildman–Crippen MR) is 77.8 cm³/mol. The van der Waals surface area contributed by atoms with Crippen molar-refractivity contribution in [3.05, 3.63) is 28.2 Å². The van der Waals surface area contributed by atoms with E-state index in [4.69, 9.17) is 44.1 Å². The van der Waals surface area contributed by atoms with Gasteiger partial charge in [0.1, 0.15) is 5.75 Å². The van der Waals surface area contributed by atoms with E-state index < -0.39 is 6.64 Å². The Morgan fingerprint density at radius 3 is 2.53 bits per heavy atom. The molecule has 3 nitrogen and oxygen atoms in total. The molecule has 1 atom stereocenters. The summed E-state index contributed by atoms with van der Waals surface area (Å²) in [6.45, 7) is 1.37. The monoisotopic (exact) mass is 314 g/mol. The molecule has 0 amide bonds. The Hall–Kier alpha value is 0.170. The smallest absolute Gasteiger partial charge is 0.431 e. The third-order valence-corrected chi connectivity index (χ3v) is 5.04. The molecule has 96 valence electrons. The summed E-state index contributed by atoms with van der Waals surface area (Å²) in [5.41, 5.74) is 0. The lowest BCUT2D eigenvalue weighted by molar-refractivity contribution is 0.375. The summed E-state index contributed by atoms with van der Waals surface area (Å²) in [6.07, 6.45) is 0. The largest absolute Gasteiger partial charge is 1.00 e. The third kappa shape index (κ3) is 4.74. The molecule has 1 aromatic carbocycles. The molecule has 0 aromatic heterocycles. The molecule has 1 N–H and O–H groups in total. The Bertz CT molecular complexity index is 448. The second-order valence-electron chi connectivity index (χ2n) is 3.63. The topological polar surface area (TPSA) is 30.5 Å². The number of hydrogen-bond donors (Lipinski definition) is 1. The number of hydrogen-bond acceptors (Lipinski definition) is 3. The minimum atomic E-state index is -2.56. The van der Waals surface area contributed by atoms with Crippen LogP contribution >= 0.6 is 29.8 Å². The summed E-state index contributed by atoms with van der Waals surface area (Å²) in [4.78, 5) is 0. The fourth-order valence-corrected chi connectivity index (χ4v) is 3.77. The van der Waals surface area contributed by atoms with Crippen molar-refractivity contribution in [2.24, 2.45) is 0 Å². The van der Waals surface area contributed by atoms with Gasteiger partial charge in [0.25, 0.3) is 0 Å². The van der Waals surface area contributed by atoms with E-state index in [9.17, 15) is 0 Å². The molecule has 0 bridgehead atoms. The molecule has 17 heavy (non-hydrogen) atoms. The van der Waals surface area contributed by atoms with E-state index in [0.29, 0.717) is 15.8 Å². The van der Waals surface area contributed by atoms with Gasteiger partial charge in [-0.3, -0.25) is 0 Å². The van der Waals surface area contributed by atoms with Crippen LogP contribution < -0.4 is 9.61 Å². The molecule has 0 aliphatic carbocycles. The van der Waals surface area contributed by atoms with Crippen molar-refractivity contribution in [3.8, 4) is 5.75 Å². The second-order valence-corrected chi connectivity index (χ2v) is 7.72. The van der Waals surface area contributed by atoms with Crippen LogP contribution in [0.4, 0.5) is 0 Å². The van der Waals surface area contributed by atoms with Gasteiger partial charge in [0.05, 0.1) is 5.02 Å². The van der Waals surface area contributed by atoms with Gasteiger partial charge < -0.3 is 9.05 Å². The first-order chi connectivity index (χ1) is 7.86. The van der Waals surface area contributed by atoms with Crippen molar-refractivity contribution in [3.63, 3.8) is 0 Å². The zero-order valence-corrected chi connectivity index (χ0v) is 13.0. The standard InChI is InChI=1S/C10H14Cl2NO2PS/c1-7(2)13-16(17,14-3)15-10-5-4-8(11)6-9(10)12/h4-7H,1-3H3,(H,13,17)/p+1. The van der Waals surface area contributed by atoms with Crippen LogP contribution in [-0.4, -0.2) is 13.2 Å². The molecule has 1 rings (SSSR count). The highest BCUT2D eigenvalue weighted by Crippen LogP contribution is 2.46. The SMILES string of the molecule is COP(=S)(NC(C)C)Oc1ccc(Cl)cc1Cl.[H+]. The highest BCUT2D eigenvalue weighted by molar-refractivity contribution is 8.09. The van der Waals surface area contributed by atoms with Gasteiger partial charge in [-0.1, -0.05) is 23.2 Å². The highest BCUT2D eigenvalue weighted by Gasteiger charge is 2.21. The average Bonchev–Trinajstić information content (AvgIpc) is 2.21. The molecular formula is C10H15Cl2NO2PS+.